The molecule has 0 aromatic rings. The van der Waals surface area contributed by atoms with E-state index in [1.165, 1.54) is 0 Å². The van der Waals surface area contributed by atoms with Crippen LogP contribution in [0.25, 0.3) is 0 Å². The molecule has 10 atom stereocenters. The van der Waals surface area contributed by atoms with Crippen molar-refractivity contribution in [3.05, 3.63) is 20.2 Å². The number of nitrogens with zero attached hydrogens (tertiary/aromatic N) is 2. The van der Waals surface area contributed by atoms with Crippen molar-refractivity contribution in [3.8, 4) is 0 Å². The van der Waals surface area contributed by atoms with Gasteiger partial charge in [-0.3, -0.25) is 44.4 Å². The highest BCUT2D eigenvalue weighted by molar-refractivity contribution is 7.80. The molecule has 0 aliphatic carbocycles. The van der Waals surface area contributed by atoms with Gasteiger partial charge in [0.25, 0.3) is 11.9 Å². The zero-order chi connectivity index (χ0) is 55.4. The molecule has 72 heavy (non-hydrogen) atoms. The quantitative estimate of drug-likeness (QED) is 0.00660. The first-order chi connectivity index (χ1) is 33.6. The topological polar surface area (TPSA) is 429 Å². The van der Waals surface area contributed by atoms with E-state index in [1.807, 2.05) is 6.92 Å². The van der Waals surface area contributed by atoms with Crippen LogP contribution in [0, 0.1) is 60.6 Å². The Morgan fingerprint density at radius 3 is 1.40 bits per heavy atom. The molecule has 0 rings (SSSR count). The summed E-state index contributed by atoms with van der Waals surface area (Å²) in [6.07, 6.45) is 1.88. The molecule has 0 heterocycles. The number of aldehydes is 1. The molecule has 0 bridgehead atoms. The van der Waals surface area contributed by atoms with Gasteiger partial charge in [-0.1, -0.05) is 92.9 Å². The van der Waals surface area contributed by atoms with E-state index in [0.717, 1.165) is 0 Å². The van der Waals surface area contributed by atoms with Gasteiger partial charge in [0.2, 0.25) is 41.4 Å². The summed E-state index contributed by atoms with van der Waals surface area (Å²) in [5.74, 6) is -8.61. The number of rotatable bonds is 34. The fourth-order valence-corrected chi connectivity index (χ4v) is 7.02. The van der Waals surface area contributed by atoms with Gasteiger partial charge in [0, 0.05) is 18.8 Å². The summed E-state index contributed by atoms with van der Waals surface area (Å²) in [4.78, 5) is 129. The Kier molecular flexibility index (Phi) is 31.0. The number of carbonyl (C=O) groups is 8. The predicted octanol–water partition coefficient (Wildman–Crippen LogP) is -1.54. The Labute approximate surface area is 426 Å². The molecular weight excluding hydrogens is 965 g/mol. The maximum atomic E-state index is 14.2. The minimum absolute atomic E-state index is 0.0283. The number of guanidine groups is 2. The smallest absolute Gasteiger partial charge is 0.251 e. The Morgan fingerprint density at radius 2 is 0.972 bits per heavy atom. The number of hydrazine groups is 2. The molecule has 0 aliphatic heterocycles. The normalized spacial score (nSPS) is 15.3. The highest BCUT2D eigenvalue weighted by Gasteiger charge is 2.37. The maximum absolute atomic E-state index is 14.2. The van der Waals surface area contributed by atoms with Gasteiger partial charge in [-0.05, 0) is 61.7 Å². The van der Waals surface area contributed by atoms with Crippen LogP contribution in [0.3, 0.4) is 0 Å². The number of hydrogen-bond donors (Lipinski definition) is 15. The molecule has 0 fully saturated rings. The monoisotopic (exact) mass is 1040 g/mol. The molecular formula is C43H80N16O12S. The lowest BCUT2D eigenvalue weighted by Gasteiger charge is -2.31. The third-order valence-corrected chi connectivity index (χ3v) is 11.9. The summed E-state index contributed by atoms with van der Waals surface area (Å²) in [5.41, 5.74) is 9.33. The molecule has 0 aromatic heterocycles. The first-order valence-electron chi connectivity index (χ1n) is 24.0. The lowest BCUT2D eigenvalue weighted by atomic mass is 9.95. The molecule has 410 valence electrons. The molecule has 28 nitrogen and oxygen atoms in total. The van der Waals surface area contributed by atoms with Gasteiger partial charge in [0.05, 0.1) is 12.1 Å². The van der Waals surface area contributed by atoms with Crippen LogP contribution in [0.2, 0.25) is 0 Å². The second kappa shape index (κ2) is 34.1. The highest BCUT2D eigenvalue weighted by Crippen LogP contribution is 2.14. The zero-order valence-corrected chi connectivity index (χ0v) is 43.9. The lowest BCUT2D eigenvalue weighted by Crippen LogP contribution is -2.62. The summed E-state index contributed by atoms with van der Waals surface area (Å²) < 4.78 is 0. The maximum Gasteiger partial charge on any atom is 0.251 e. The average molecular weight is 1050 g/mol. The molecule has 0 aromatic carbocycles. The van der Waals surface area contributed by atoms with Crippen molar-refractivity contribution in [3.63, 3.8) is 0 Å². The second-order valence-corrected chi connectivity index (χ2v) is 19.0. The minimum atomic E-state index is -1.42. The zero-order valence-electron chi connectivity index (χ0n) is 43.0. The van der Waals surface area contributed by atoms with Crippen molar-refractivity contribution in [1.29, 1.82) is 10.8 Å². The molecule has 7 amide bonds. The van der Waals surface area contributed by atoms with Crippen LogP contribution in [0.4, 0.5) is 0 Å². The van der Waals surface area contributed by atoms with Crippen LogP contribution >= 0.6 is 12.6 Å². The van der Waals surface area contributed by atoms with E-state index in [0.29, 0.717) is 19.1 Å². The van der Waals surface area contributed by atoms with Gasteiger partial charge in [-0.25, -0.2) is 20.2 Å². The Bertz CT molecular complexity index is 1860. The molecule has 0 saturated carbocycles. The van der Waals surface area contributed by atoms with Crippen molar-refractivity contribution < 1.29 is 48.4 Å². The van der Waals surface area contributed by atoms with Crippen molar-refractivity contribution in [1.82, 2.24) is 58.7 Å². The van der Waals surface area contributed by atoms with Crippen molar-refractivity contribution in [2.24, 2.45) is 35.3 Å². The molecule has 0 spiro atoms. The molecule has 0 aliphatic rings. The van der Waals surface area contributed by atoms with Gasteiger partial charge >= 0.3 is 0 Å². The van der Waals surface area contributed by atoms with Crippen molar-refractivity contribution >= 4 is 72.2 Å². The van der Waals surface area contributed by atoms with Crippen LogP contribution in [0.5, 0.6) is 0 Å². The first kappa shape index (κ1) is 65.6. The summed E-state index contributed by atoms with van der Waals surface area (Å²) in [6.45, 7) is 17.4. The van der Waals surface area contributed by atoms with Crippen molar-refractivity contribution in [2.45, 2.75) is 163 Å². The number of thiol groups is 1. The van der Waals surface area contributed by atoms with Crippen LogP contribution in [0.15, 0.2) is 0 Å². The van der Waals surface area contributed by atoms with Crippen LogP contribution in [-0.4, -0.2) is 137 Å². The summed E-state index contributed by atoms with van der Waals surface area (Å²) in [5, 5.41) is 58.0. The van der Waals surface area contributed by atoms with Crippen molar-refractivity contribution in [2.75, 3.05) is 18.8 Å². The fourth-order valence-electron chi connectivity index (χ4n) is 6.77. The third-order valence-electron chi connectivity index (χ3n) is 11.5. The Hall–Kier alpha value is -6.39. The largest absolute Gasteiger partial charge is 0.352 e. The van der Waals surface area contributed by atoms with Gasteiger partial charge in [0.1, 0.15) is 42.5 Å². The molecule has 0 radical (unpaired) electrons. The van der Waals surface area contributed by atoms with E-state index >= 15 is 0 Å². The highest BCUT2D eigenvalue weighted by atomic mass is 32.1. The van der Waals surface area contributed by atoms with Gasteiger partial charge < -0.3 is 58.4 Å². The third kappa shape index (κ3) is 25.1. The molecule has 15 N–H and O–H groups in total. The van der Waals surface area contributed by atoms with E-state index < -0.39 is 129 Å². The Morgan fingerprint density at radius 1 is 0.569 bits per heavy atom. The summed E-state index contributed by atoms with van der Waals surface area (Å²) >= 11 is 4.26. The number of nitrogens with one attached hydrogen (secondary N) is 13. The van der Waals surface area contributed by atoms with E-state index in [9.17, 15) is 58.6 Å². The fraction of sp³-hybridized carbons (Fsp3) is 0.767. The predicted molar refractivity (Wildman–Crippen MR) is 270 cm³/mol. The summed E-state index contributed by atoms with van der Waals surface area (Å²) in [7, 11) is 0. The molecule has 0 saturated heterocycles. The number of carbonyl (C=O) groups excluding carboxylic acids is 8. The van der Waals surface area contributed by atoms with Gasteiger partial charge in [-0.2, -0.15) is 12.6 Å². The van der Waals surface area contributed by atoms with Gasteiger partial charge in [-0.15, -0.1) is 0 Å². The SMILES string of the molecule is CCC(C)C(C=O)NC(=O)C(NC(=O)C(NC(=O)C(NC(=O)C(CCCNC(=N)N[N+](=O)[O-])NC(=O)C(CS)NC(=O)C(CC(C)C)NC(=O)C(N)CCCNC(=N)N[N+](=O)[O-])C(C)CC)C(C)C)C(C)C. The Balaban J connectivity index is 6.48. The van der Waals surface area contributed by atoms with E-state index in [1.54, 1.807) is 73.2 Å². The minimum Gasteiger partial charge on any atom is -0.352 e. The number of nitro groups is 2. The molecule has 10 unspecified atom stereocenters. The standard InChI is InChI=1S/C43H80N16O12S/c1-11-25(9)30(20-60)51-39(65)32(23(5)6)53-40(66)33(24(7)8)54-41(67)34(26(10)12-2)55-36(62)28(16-14-18-48-43(46)57-59(70)71)49-38(64)31(21-72)52-37(63)29(19-22(3)4)50-35(61)27(44)15-13-17-47-42(45)56-58(68)69/h20,22-34,72H,11-19,21,44H2,1-10H3,(H,49,64)(H,50,61)(H,51,65)(H,52,63)(H,53,66)(H,54,67)(H,55,62)(H3,45,47,56)(H3,46,48,57). The number of nitrogens with two attached hydrogens (primary N) is 1. The van der Waals surface area contributed by atoms with Crippen LogP contribution in [0.1, 0.15) is 114 Å². The van der Waals surface area contributed by atoms with Crippen LogP contribution < -0.4 is 64.4 Å². The summed E-state index contributed by atoms with van der Waals surface area (Å²) in [6, 6.07) is -9.49. The second-order valence-electron chi connectivity index (χ2n) is 18.6. The average Bonchev–Trinajstić information content (AvgIpc) is 3.29. The number of hydrogen-bond acceptors (Lipinski definition) is 16. The number of amides is 7. The first-order valence-corrected chi connectivity index (χ1v) is 24.7. The van der Waals surface area contributed by atoms with E-state index in [2.05, 4.69) is 60.5 Å². The van der Waals surface area contributed by atoms with E-state index in [4.69, 9.17) is 16.6 Å². The van der Waals surface area contributed by atoms with Gasteiger partial charge in [0.15, 0.2) is 10.1 Å². The molecule has 29 heteroatoms. The van der Waals surface area contributed by atoms with Crippen LogP contribution in [-0.2, 0) is 38.4 Å². The van der Waals surface area contributed by atoms with E-state index in [-0.39, 0.29) is 62.8 Å². The lowest BCUT2D eigenvalue weighted by molar-refractivity contribution is -0.525.